The van der Waals surface area contributed by atoms with Crippen molar-refractivity contribution in [2.75, 3.05) is 7.05 Å². The van der Waals surface area contributed by atoms with Crippen LogP contribution >= 0.6 is 0 Å². The summed E-state index contributed by atoms with van der Waals surface area (Å²) < 4.78 is 1.47. The van der Waals surface area contributed by atoms with E-state index < -0.39 is 5.91 Å². The van der Waals surface area contributed by atoms with Gasteiger partial charge in [-0.25, -0.2) is 0 Å². The smallest absolute Gasteiger partial charge is 0.271 e. The van der Waals surface area contributed by atoms with Crippen molar-refractivity contribution in [3.05, 3.63) is 53.3 Å². The van der Waals surface area contributed by atoms with Crippen LogP contribution in [-0.4, -0.2) is 28.6 Å². The molecule has 0 aliphatic carbocycles. The largest absolute Gasteiger partial charge is 0.364 e. The fourth-order valence-corrected chi connectivity index (χ4v) is 1.99. The quantitative estimate of drug-likeness (QED) is 0.868. The second-order valence-electron chi connectivity index (χ2n) is 4.39. The van der Waals surface area contributed by atoms with Crippen LogP contribution in [-0.2, 0) is 0 Å². The van der Waals surface area contributed by atoms with E-state index in [1.807, 2.05) is 37.3 Å². The molecule has 6 nitrogen and oxygen atoms in total. The molecule has 3 N–H and O–H groups in total. The van der Waals surface area contributed by atoms with E-state index in [1.165, 1.54) is 17.8 Å². The van der Waals surface area contributed by atoms with Gasteiger partial charge in [0.2, 0.25) is 0 Å². The van der Waals surface area contributed by atoms with Crippen molar-refractivity contribution >= 4 is 11.8 Å². The molecule has 0 aliphatic heterocycles. The van der Waals surface area contributed by atoms with Crippen LogP contribution in [0.3, 0.4) is 0 Å². The number of primary amides is 1. The fraction of sp³-hybridized carbons (Fsp3) is 0.214. The third-order valence-corrected chi connectivity index (χ3v) is 3.10. The summed E-state index contributed by atoms with van der Waals surface area (Å²) in [5.74, 6) is -0.970. The number of hydrogen-bond donors (Lipinski definition) is 2. The van der Waals surface area contributed by atoms with E-state index >= 15 is 0 Å². The molecule has 0 aliphatic rings. The van der Waals surface area contributed by atoms with E-state index in [-0.39, 0.29) is 23.3 Å². The summed E-state index contributed by atoms with van der Waals surface area (Å²) in [5, 5.41) is 6.65. The first-order chi connectivity index (χ1) is 9.54. The summed E-state index contributed by atoms with van der Waals surface area (Å²) >= 11 is 0. The fourth-order valence-electron chi connectivity index (χ4n) is 1.99. The first-order valence-electron chi connectivity index (χ1n) is 6.21. The maximum absolute atomic E-state index is 11.6. The summed E-state index contributed by atoms with van der Waals surface area (Å²) in [7, 11) is 1.51. The molecule has 0 saturated heterocycles. The predicted molar refractivity (Wildman–Crippen MR) is 74.4 cm³/mol. The molecule has 0 saturated carbocycles. The number of nitrogens with zero attached hydrogens (tertiary/aromatic N) is 2. The average Bonchev–Trinajstić information content (AvgIpc) is 2.92. The minimum Gasteiger partial charge on any atom is -0.364 e. The van der Waals surface area contributed by atoms with Crippen LogP contribution < -0.4 is 11.1 Å². The van der Waals surface area contributed by atoms with Crippen LogP contribution in [0.1, 0.15) is 39.5 Å². The zero-order valence-electron chi connectivity index (χ0n) is 11.3. The van der Waals surface area contributed by atoms with Crippen molar-refractivity contribution in [2.45, 2.75) is 13.0 Å². The molecule has 20 heavy (non-hydrogen) atoms. The molecule has 1 aromatic heterocycles. The van der Waals surface area contributed by atoms with Crippen LogP contribution in [0.2, 0.25) is 0 Å². The summed E-state index contributed by atoms with van der Waals surface area (Å²) in [6.45, 7) is 1.89. The maximum atomic E-state index is 11.6. The molecule has 0 radical (unpaired) electrons. The van der Waals surface area contributed by atoms with Crippen molar-refractivity contribution in [1.29, 1.82) is 0 Å². The van der Waals surface area contributed by atoms with Crippen LogP contribution in [0.15, 0.2) is 36.4 Å². The molecule has 0 spiro atoms. The minimum absolute atomic E-state index is 0.170. The molecule has 2 amide bonds. The number of amides is 2. The number of benzene rings is 1. The second kappa shape index (κ2) is 5.56. The zero-order chi connectivity index (χ0) is 14.7. The Morgan fingerprint density at radius 2 is 1.95 bits per heavy atom. The highest BCUT2D eigenvalue weighted by Gasteiger charge is 2.20. The van der Waals surface area contributed by atoms with E-state index in [4.69, 9.17) is 5.73 Å². The van der Waals surface area contributed by atoms with Gasteiger partial charge in [0.25, 0.3) is 11.8 Å². The molecule has 2 aromatic rings. The number of nitrogens with two attached hydrogens (primary N) is 1. The highest BCUT2D eigenvalue weighted by Crippen LogP contribution is 2.19. The van der Waals surface area contributed by atoms with Gasteiger partial charge in [-0.3, -0.25) is 14.3 Å². The number of hydrogen-bond acceptors (Lipinski definition) is 3. The standard InChI is InChI=1S/C14H16N4O2/c1-9(10-6-4-3-5-7-10)18-12(13(15)19)8-11(17-18)14(20)16-2/h3-9H,1-2H3,(H2,15,19)(H,16,20)/t9-/m0/s1. The Hall–Kier alpha value is -2.63. The van der Waals surface area contributed by atoms with Crippen molar-refractivity contribution in [3.63, 3.8) is 0 Å². The number of rotatable bonds is 4. The molecule has 0 fully saturated rings. The molecule has 1 aromatic carbocycles. The van der Waals surface area contributed by atoms with E-state index in [1.54, 1.807) is 0 Å². The van der Waals surface area contributed by atoms with Crippen LogP contribution in [0.5, 0.6) is 0 Å². The van der Waals surface area contributed by atoms with Gasteiger partial charge in [0, 0.05) is 13.1 Å². The zero-order valence-corrected chi connectivity index (χ0v) is 11.3. The SMILES string of the molecule is CNC(=O)c1cc(C(N)=O)n([C@@H](C)c2ccccc2)n1. The first kappa shape index (κ1) is 13.8. The van der Waals surface area contributed by atoms with Gasteiger partial charge in [0.15, 0.2) is 5.69 Å². The number of carbonyl (C=O) groups is 2. The van der Waals surface area contributed by atoms with Gasteiger partial charge < -0.3 is 11.1 Å². The van der Waals surface area contributed by atoms with E-state index in [9.17, 15) is 9.59 Å². The van der Waals surface area contributed by atoms with Gasteiger partial charge >= 0.3 is 0 Å². The predicted octanol–water partition coefficient (Wildman–Crippen LogP) is 0.951. The molecule has 104 valence electrons. The third-order valence-electron chi connectivity index (χ3n) is 3.10. The molecule has 0 bridgehead atoms. The maximum Gasteiger partial charge on any atom is 0.271 e. The monoisotopic (exact) mass is 272 g/mol. The highest BCUT2D eigenvalue weighted by molar-refractivity contribution is 5.97. The lowest BCUT2D eigenvalue weighted by Gasteiger charge is -2.14. The Morgan fingerprint density at radius 1 is 1.30 bits per heavy atom. The van der Waals surface area contributed by atoms with Gasteiger partial charge in [0.1, 0.15) is 5.69 Å². The Morgan fingerprint density at radius 3 is 2.50 bits per heavy atom. The lowest BCUT2D eigenvalue weighted by atomic mass is 10.1. The van der Waals surface area contributed by atoms with Crippen molar-refractivity contribution in [1.82, 2.24) is 15.1 Å². The molecule has 1 atom stereocenters. The minimum atomic E-state index is -0.615. The summed E-state index contributed by atoms with van der Waals surface area (Å²) in [6.07, 6.45) is 0. The lowest BCUT2D eigenvalue weighted by Crippen LogP contribution is -2.21. The molecule has 2 rings (SSSR count). The van der Waals surface area contributed by atoms with E-state index in [0.717, 1.165) is 5.56 Å². The van der Waals surface area contributed by atoms with E-state index in [2.05, 4.69) is 10.4 Å². The second-order valence-corrected chi connectivity index (χ2v) is 4.39. The Balaban J connectivity index is 2.47. The molecule has 0 unspecified atom stereocenters. The molecular formula is C14H16N4O2. The normalized spacial score (nSPS) is 11.9. The lowest BCUT2D eigenvalue weighted by molar-refractivity contribution is 0.0955. The number of aromatic nitrogens is 2. The van der Waals surface area contributed by atoms with Gasteiger partial charge in [0.05, 0.1) is 6.04 Å². The Bertz CT molecular complexity index is 634. The molecule has 6 heteroatoms. The first-order valence-corrected chi connectivity index (χ1v) is 6.21. The van der Waals surface area contributed by atoms with Gasteiger partial charge in [-0.05, 0) is 12.5 Å². The summed E-state index contributed by atoms with van der Waals surface area (Å²) in [4.78, 5) is 23.1. The van der Waals surface area contributed by atoms with Crippen LogP contribution in [0.25, 0.3) is 0 Å². The topological polar surface area (TPSA) is 90.0 Å². The van der Waals surface area contributed by atoms with Crippen molar-refractivity contribution < 1.29 is 9.59 Å². The Kier molecular flexibility index (Phi) is 3.84. The summed E-state index contributed by atoms with van der Waals surface area (Å²) in [6, 6.07) is 10.8. The molecule has 1 heterocycles. The Labute approximate surface area is 116 Å². The molecular weight excluding hydrogens is 256 g/mol. The van der Waals surface area contributed by atoms with E-state index in [0.29, 0.717) is 0 Å². The van der Waals surface area contributed by atoms with Crippen LogP contribution in [0, 0.1) is 0 Å². The third kappa shape index (κ3) is 2.54. The van der Waals surface area contributed by atoms with Gasteiger partial charge in [-0.15, -0.1) is 0 Å². The summed E-state index contributed by atoms with van der Waals surface area (Å²) in [5.41, 5.74) is 6.71. The average molecular weight is 272 g/mol. The van der Waals surface area contributed by atoms with Crippen molar-refractivity contribution in [3.8, 4) is 0 Å². The number of nitrogens with one attached hydrogen (secondary N) is 1. The van der Waals surface area contributed by atoms with Gasteiger partial charge in [-0.1, -0.05) is 30.3 Å². The van der Waals surface area contributed by atoms with Crippen LogP contribution in [0.4, 0.5) is 0 Å². The number of carbonyl (C=O) groups excluding carboxylic acids is 2. The van der Waals surface area contributed by atoms with Gasteiger partial charge in [-0.2, -0.15) is 5.10 Å². The van der Waals surface area contributed by atoms with Crippen molar-refractivity contribution in [2.24, 2.45) is 5.73 Å². The highest BCUT2D eigenvalue weighted by atomic mass is 16.2.